The summed E-state index contributed by atoms with van der Waals surface area (Å²) in [6, 6.07) is 17.3. The standard InChI is InChI=1S/C23H21N5O2/c1-16-13-24-23(30)28(16)19-9-5-6-17(12-19)22(29)26-11-10-21-20(14-26)25-15-27(21)18-7-3-2-4-8-18/h2-9,12-13,15H,10-11,14H2,1H3,(H,24,30). The molecule has 4 aromatic rings. The quantitative estimate of drug-likeness (QED) is 0.576. The third-order valence-corrected chi connectivity index (χ3v) is 5.55. The molecule has 7 heteroatoms. The molecule has 1 amide bonds. The summed E-state index contributed by atoms with van der Waals surface area (Å²) in [6.07, 6.45) is 4.23. The van der Waals surface area contributed by atoms with Gasteiger partial charge in [-0.15, -0.1) is 0 Å². The summed E-state index contributed by atoms with van der Waals surface area (Å²) in [4.78, 5) is 34.3. The highest BCUT2D eigenvalue weighted by Crippen LogP contribution is 2.23. The van der Waals surface area contributed by atoms with Crippen molar-refractivity contribution in [3.05, 3.63) is 100 Å². The van der Waals surface area contributed by atoms with Crippen molar-refractivity contribution in [1.29, 1.82) is 0 Å². The zero-order chi connectivity index (χ0) is 20.7. The zero-order valence-electron chi connectivity index (χ0n) is 16.6. The van der Waals surface area contributed by atoms with E-state index in [0.29, 0.717) is 24.3 Å². The van der Waals surface area contributed by atoms with Gasteiger partial charge in [-0.25, -0.2) is 9.78 Å². The minimum absolute atomic E-state index is 0.0574. The van der Waals surface area contributed by atoms with Crippen LogP contribution in [0.25, 0.3) is 11.4 Å². The molecule has 0 bridgehead atoms. The van der Waals surface area contributed by atoms with E-state index in [2.05, 4.69) is 26.7 Å². The topological polar surface area (TPSA) is 75.9 Å². The van der Waals surface area contributed by atoms with Crippen molar-refractivity contribution >= 4 is 5.91 Å². The van der Waals surface area contributed by atoms with Crippen LogP contribution in [-0.4, -0.2) is 36.5 Å². The highest BCUT2D eigenvalue weighted by atomic mass is 16.2. The first kappa shape index (κ1) is 18.2. The Labute approximate surface area is 173 Å². The van der Waals surface area contributed by atoms with Crippen molar-refractivity contribution in [2.75, 3.05) is 6.54 Å². The Bertz CT molecular complexity index is 1280. The molecule has 0 radical (unpaired) electrons. The molecule has 0 saturated heterocycles. The summed E-state index contributed by atoms with van der Waals surface area (Å²) < 4.78 is 3.66. The van der Waals surface area contributed by atoms with Gasteiger partial charge in [-0.3, -0.25) is 9.36 Å². The Hall–Kier alpha value is -3.87. The molecule has 30 heavy (non-hydrogen) atoms. The van der Waals surface area contributed by atoms with E-state index in [1.807, 2.05) is 42.4 Å². The molecule has 2 aromatic carbocycles. The second kappa shape index (κ2) is 7.18. The van der Waals surface area contributed by atoms with Gasteiger partial charge in [0.2, 0.25) is 0 Å². The molecule has 0 aliphatic carbocycles. The number of aromatic nitrogens is 4. The summed E-state index contributed by atoms with van der Waals surface area (Å²) in [5.74, 6) is -0.0574. The van der Waals surface area contributed by atoms with Crippen LogP contribution < -0.4 is 5.69 Å². The van der Waals surface area contributed by atoms with Crippen LogP contribution in [0.1, 0.15) is 27.4 Å². The second-order valence-electron chi connectivity index (χ2n) is 7.44. The van der Waals surface area contributed by atoms with Gasteiger partial charge >= 0.3 is 5.69 Å². The van der Waals surface area contributed by atoms with E-state index >= 15 is 0 Å². The van der Waals surface area contributed by atoms with Crippen molar-refractivity contribution in [1.82, 2.24) is 24.0 Å². The fraction of sp³-hybridized carbons (Fsp3) is 0.174. The average molecular weight is 399 g/mol. The molecular weight excluding hydrogens is 378 g/mol. The first-order chi connectivity index (χ1) is 14.6. The Morgan fingerprint density at radius 1 is 1.07 bits per heavy atom. The number of nitrogens with one attached hydrogen (secondary N) is 1. The van der Waals surface area contributed by atoms with E-state index in [1.165, 1.54) is 0 Å². The molecule has 1 aliphatic rings. The SMILES string of the molecule is Cc1c[nH]c(=O)n1-c1cccc(C(=O)N2CCc3c(ncn3-c3ccccc3)C2)c1. The normalized spacial score (nSPS) is 13.3. The van der Waals surface area contributed by atoms with Crippen LogP contribution in [0.5, 0.6) is 0 Å². The minimum atomic E-state index is -0.217. The first-order valence-electron chi connectivity index (χ1n) is 9.89. The lowest BCUT2D eigenvalue weighted by molar-refractivity contribution is 0.0731. The molecule has 150 valence electrons. The number of para-hydroxylation sites is 1. The maximum absolute atomic E-state index is 13.2. The molecular formula is C23H21N5O2. The van der Waals surface area contributed by atoms with Crippen molar-refractivity contribution < 1.29 is 4.79 Å². The van der Waals surface area contributed by atoms with Crippen LogP contribution in [0.2, 0.25) is 0 Å². The molecule has 0 saturated carbocycles. The van der Waals surface area contributed by atoms with Crippen molar-refractivity contribution in [2.45, 2.75) is 19.9 Å². The third-order valence-electron chi connectivity index (χ3n) is 5.55. The number of benzene rings is 2. The van der Waals surface area contributed by atoms with E-state index in [4.69, 9.17) is 0 Å². The van der Waals surface area contributed by atoms with Gasteiger partial charge in [0.1, 0.15) is 0 Å². The van der Waals surface area contributed by atoms with E-state index in [9.17, 15) is 9.59 Å². The molecule has 0 fully saturated rings. The third kappa shape index (κ3) is 3.04. The Balaban J connectivity index is 1.41. The number of amides is 1. The fourth-order valence-corrected chi connectivity index (χ4v) is 4.03. The van der Waals surface area contributed by atoms with Gasteiger partial charge in [-0.05, 0) is 37.3 Å². The minimum Gasteiger partial charge on any atom is -0.332 e. The number of hydrogen-bond acceptors (Lipinski definition) is 3. The van der Waals surface area contributed by atoms with E-state index in [0.717, 1.165) is 29.2 Å². The van der Waals surface area contributed by atoms with Gasteiger partial charge in [0.05, 0.1) is 24.3 Å². The highest BCUT2D eigenvalue weighted by Gasteiger charge is 2.25. The summed E-state index contributed by atoms with van der Waals surface area (Å²) in [7, 11) is 0. The van der Waals surface area contributed by atoms with E-state index < -0.39 is 0 Å². The maximum atomic E-state index is 13.2. The number of aromatic amines is 1. The number of H-pyrrole nitrogens is 1. The van der Waals surface area contributed by atoms with Gasteiger partial charge in [-0.2, -0.15) is 0 Å². The number of fused-ring (bicyclic) bond motifs is 1. The van der Waals surface area contributed by atoms with Gasteiger partial charge < -0.3 is 14.5 Å². The number of imidazole rings is 2. The predicted octanol–water partition coefficient (Wildman–Crippen LogP) is 2.86. The lowest BCUT2D eigenvalue weighted by Crippen LogP contribution is -2.36. The molecule has 3 heterocycles. The number of carbonyl (C=O) groups excluding carboxylic acids is 1. The van der Waals surface area contributed by atoms with Crippen molar-refractivity contribution in [3.8, 4) is 11.4 Å². The van der Waals surface area contributed by atoms with Crippen molar-refractivity contribution in [3.63, 3.8) is 0 Å². The predicted molar refractivity (Wildman–Crippen MR) is 113 cm³/mol. The average Bonchev–Trinajstić information content (AvgIpc) is 3.36. The van der Waals surface area contributed by atoms with E-state index in [1.54, 1.807) is 29.0 Å². The van der Waals surface area contributed by atoms with Crippen LogP contribution >= 0.6 is 0 Å². The second-order valence-corrected chi connectivity index (χ2v) is 7.44. The summed E-state index contributed by atoms with van der Waals surface area (Å²) in [6.45, 7) is 2.95. The molecule has 1 N–H and O–H groups in total. The number of rotatable bonds is 3. The fourth-order valence-electron chi connectivity index (χ4n) is 4.03. The van der Waals surface area contributed by atoms with E-state index in [-0.39, 0.29) is 11.6 Å². The van der Waals surface area contributed by atoms with Gasteiger partial charge in [0.25, 0.3) is 5.91 Å². The van der Waals surface area contributed by atoms with Crippen LogP contribution in [0, 0.1) is 6.92 Å². The Morgan fingerprint density at radius 2 is 1.87 bits per heavy atom. The maximum Gasteiger partial charge on any atom is 0.330 e. The molecule has 5 rings (SSSR count). The molecule has 2 aromatic heterocycles. The van der Waals surface area contributed by atoms with Crippen LogP contribution in [0.3, 0.4) is 0 Å². The largest absolute Gasteiger partial charge is 0.332 e. The molecule has 0 unspecified atom stereocenters. The highest BCUT2D eigenvalue weighted by molar-refractivity contribution is 5.94. The monoisotopic (exact) mass is 399 g/mol. The Kier molecular flexibility index (Phi) is 4.35. The number of carbonyl (C=O) groups is 1. The van der Waals surface area contributed by atoms with Gasteiger partial charge in [0, 0.05) is 41.8 Å². The smallest absolute Gasteiger partial charge is 0.330 e. The van der Waals surface area contributed by atoms with Crippen LogP contribution in [0.15, 0.2) is 71.9 Å². The number of hydrogen-bond donors (Lipinski definition) is 1. The van der Waals surface area contributed by atoms with Gasteiger partial charge in [0.15, 0.2) is 0 Å². The lowest BCUT2D eigenvalue weighted by Gasteiger charge is -2.27. The summed E-state index contributed by atoms with van der Waals surface area (Å²) >= 11 is 0. The summed E-state index contributed by atoms with van der Waals surface area (Å²) in [5, 5.41) is 0. The Morgan fingerprint density at radius 3 is 2.63 bits per heavy atom. The molecule has 0 spiro atoms. The first-order valence-corrected chi connectivity index (χ1v) is 9.89. The van der Waals surface area contributed by atoms with Crippen LogP contribution in [0.4, 0.5) is 0 Å². The van der Waals surface area contributed by atoms with Gasteiger partial charge in [-0.1, -0.05) is 24.3 Å². The molecule has 1 aliphatic heterocycles. The molecule has 0 atom stereocenters. The lowest BCUT2D eigenvalue weighted by atomic mass is 10.1. The summed E-state index contributed by atoms with van der Waals surface area (Å²) in [5.41, 5.74) is 4.96. The number of nitrogens with zero attached hydrogens (tertiary/aromatic N) is 4. The zero-order valence-corrected chi connectivity index (χ0v) is 16.6. The molecule has 7 nitrogen and oxygen atoms in total. The van der Waals surface area contributed by atoms with Crippen molar-refractivity contribution in [2.24, 2.45) is 0 Å². The number of aryl methyl sites for hydroxylation is 1. The van der Waals surface area contributed by atoms with Crippen LogP contribution in [-0.2, 0) is 13.0 Å².